The Bertz CT molecular complexity index is 552. The van der Waals surface area contributed by atoms with Crippen LogP contribution in [0.4, 0.5) is 11.4 Å². The zero-order valence-electron chi connectivity index (χ0n) is 12.3. The number of hydrogen-bond donors (Lipinski definition) is 2. The van der Waals surface area contributed by atoms with E-state index >= 15 is 0 Å². The van der Waals surface area contributed by atoms with Crippen LogP contribution in [0, 0.1) is 0 Å². The second kappa shape index (κ2) is 5.76. The molecule has 0 bridgehead atoms. The topological polar surface area (TPSA) is 61.4 Å². The largest absolute Gasteiger partial charge is 0.372 e. The first kappa shape index (κ1) is 13.9. The van der Waals surface area contributed by atoms with E-state index in [4.69, 9.17) is 0 Å². The van der Waals surface area contributed by atoms with Gasteiger partial charge in [0.05, 0.1) is 11.4 Å². The summed E-state index contributed by atoms with van der Waals surface area (Å²) in [6, 6.07) is 7.58. The van der Waals surface area contributed by atoms with Gasteiger partial charge in [0.15, 0.2) is 0 Å². The lowest BCUT2D eigenvalue weighted by Gasteiger charge is -2.33. The molecular formula is C16H21N3O2. The summed E-state index contributed by atoms with van der Waals surface area (Å²) in [6.45, 7) is 1.92. The fourth-order valence-corrected chi connectivity index (χ4v) is 3.13. The van der Waals surface area contributed by atoms with Gasteiger partial charge in [-0.15, -0.1) is 0 Å². The Labute approximate surface area is 124 Å². The molecule has 21 heavy (non-hydrogen) atoms. The number of benzene rings is 1. The Kier molecular flexibility index (Phi) is 3.82. The second-order valence-electron chi connectivity index (χ2n) is 5.86. The summed E-state index contributed by atoms with van der Waals surface area (Å²) in [4.78, 5) is 26.1. The van der Waals surface area contributed by atoms with Crippen LogP contribution in [0.3, 0.4) is 0 Å². The molecule has 1 saturated carbocycles. The van der Waals surface area contributed by atoms with Crippen molar-refractivity contribution in [3.63, 3.8) is 0 Å². The molecule has 1 aliphatic heterocycles. The number of nitrogens with zero attached hydrogens (tertiary/aromatic N) is 1. The average Bonchev–Trinajstić information content (AvgIpc) is 2.96. The van der Waals surface area contributed by atoms with Gasteiger partial charge in [0.25, 0.3) is 0 Å². The number of anilines is 2. The third kappa shape index (κ3) is 2.86. The molecule has 2 amide bonds. The van der Waals surface area contributed by atoms with E-state index < -0.39 is 0 Å². The van der Waals surface area contributed by atoms with Crippen LogP contribution in [0.2, 0.25) is 0 Å². The predicted molar refractivity (Wildman–Crippen MR) is 82.3 cm³/mol. The van der Waals surface area contributed by atoms with Crippen LogP contribution in [-0.2, 0) is 9.59 Å². The summed E-state index contributed by atoms with van der Waals surface area (Å²) < 4.78 is 0. The molecule has 1 atom stereocenters. The van der Waals surface area contributed by atoms with Crippen molar-refractivity contribution in [1.82, 2.24) is 5.32 Å². The highest BCUT2D eigenvalue weighted by molar-refractivity contribution is 6.07. The molecule has 3 rings (SSSR count). The monoisotopic (exact) mass is 287 g/mol. The number of amides is 2. The lowest BCUT2D eigenvalue weighted by molar-refractivity contribution is -0.124. The Morgan fingerprint density at radius 3 is 2.81 bits per heavy atom. The van der Waals surface area contributed by atoms with Gasteiger partial charge in [0, 0.05) is 6.04 Å². The van der Waals surface area contributed by atoms with Crippen molar-refractivity contribution >= 4 is 23.2 Å². The molecule has 0 saturated heterocycles. The van der Waals surface area contributed by atoms with Crippen LogP contribution in [-0.4, -0.2) is 30.4 Å². The van der Waals surface area contributed by atoms with Crippen molar-refractivity contribution < 1.29 is 9.59 Å². The first-order valence-electron chi connectivity index (χ1n) is 7.61. The molecule has 5 nitrogen and oxygen atoms in total. The van der Waals surface area contributed by atoms with E-state index in [9.17, 15) is 9.59 Å². The second-order valence-corrected chi connectivity index (χ2v) is 5.86. The minimum Gasteiger partial charge on any atom is -0.372 e. The summed E-state index contributed by atoms with van der Waals surface area (Å²) in [5, 5.41) is 6.20. The van der Waals surface area contributed by atoms with Gasteiger partial charge in [0.2, 0.25) is 11.8 Å². The maximum Gasteiger partial charge on any atom is 0.249 e. The summed E-state index contributed by atoms with van der Waals surface area (Å²) in [5.41, 5.74) is 1.68. The van der Waals surface area contributed by atoms with Crippen molar-refractivity contribution in [2.24, 2.45) is 0 Å². The van der Waals surface area contributed by atoms with E-state index in [-0.39, 0.29) is 30.4 Å². The number of fused-ring (bicyclic) bond motifs is 1. The highest BCUT2D eigenvalue weighted by atomic mass is 16.2. The molecule has 1 unspecified atom stereocenters. The van der Waals surface area contributed by atoms with Gasteiger partial charge in [-0.3, -0.25) is 14.5 Å². The standard InChI is InChI=1S/C16H21N3O2/c1-11-16(21)19(14-9-5-4-8-13(14)17-11)10-15(20)18-12-6-2-3-7-12/h4-5,8-9,11-12,17H,2-3,6-7,10H2,1H3,(H,18,20). The highest BCUT2D eigenvalue weighted by Gasteiger charge is 2.31. The third-order valence-corrected chi connectivity index (χ3v) is 4.23. The highest BCUT2D eigenvalue weighted by Crippen LogP contribution is 2.30. The Morgan fingerprint density at radius 2 is 2.05 bits per heavy atom. The molecule has 1 aromatic carbocycles. The maximum atomic E-state index is 12.3. The van der Waals surface area contributed by atoms with Gasteiger partial charge in [-0.05, 0) is 31.9 Å². The van der Waals surface area contributed by atoms with E-state index in [0.717, 1.165) is 24.2 Å². The molecule has 5 heteroatoms. The van der Waals surface area contributed by atoms with Gasteiger partial charge in [0.1, 0.15) is 12.6 Å². The fourth-order valence-electron chi connectivity index (χ4n) is 3.13. The molecular weight excluding hydrogens is 266 g/mol. The molecule has 1 aliphatic carbocycles. The third-order valence-electron chi connectivity index (χ3n) is 4.23. The zero-order chi connectivity index (χ0) is 14.8. The normalized spacial score (nSPS) is 21.9. The number of carbonyl (C=O) groups is 2. The van der Waals surface area contributed by atoms with Crippen LogP contribution in [0.5, 0.6) is 0 Å². The number of carbonyl (C=O) groups excluding carboxylic acids is 2. The van der Waals surface area contributed by atoms with Crippen molar-refractivity contribution in [2.75, 3.05) is 16.8 Å². The smallest absolute Gasteiger partial charge is 0.249 e. The van der Waals surface area contributed by atoms with Gasteiger partial charge in [-0.2, -0.15) is 0 Å². The van der Waals surface area contributed by atoms with Crippen LogP contribution < -0.4 is 15.5 Å². The zero-order valence-corrected chi connectivity index (χ0v) is 12.3. The first-order chi connectivity index (χ1) is 10.1. The van der Waals surface area contributed by atoms with E-state index in [1.165, 1.54) is 12.8 Å². The first-order valence-corrected chi connectivity index (χ1v) is 7.61. The van der Waals surface area contributed by atoms with Crippen molar-refractivity contribution in [1.29, 1.82) is 0 Å². The number of nitrogens with one attached hydrogen (secondary N) is 2. The van der Waals surface area contributed by atoms with Crippen LogP contribution in [0.1, 0.15) is 32.6 Å². The van der Waals surface area contributed by atoms with Crippen LogP contribution >= 0.6 is 0 Å². The summed E-state index contributed by atoms with van der Waals surface area (Å²) >= 11 is 0. The minimum atomic E-state index is -0.306. The van der Waals surface area contributed by atoms with E-state index in [1.54, 1.807) is 4.90 Å². The Hall–Kier alpha value is -2.04. The molecule has 0 aromatic heterocycles. The van der Waals surface area contributed by atoms with Crippen molar-refractivity contribution in [3.8, 4) is 0 Å². The number of para-hydroxylation sites is 2. The maximum absolute atomic E-state index is 12.3. The molecule has 0 radical (unpaired) electrons. The number of hydrogen-bond acceptors (Lipinski definition) is 3. The van der Waals surface area contributed by atoms with Crippen LogP contribution in [0.25, 0.3) is 0 Å². The molecule has 2 N–H and O–H groups in total. The van der Waals surface area contributed by atoms with E-state index in [0.29, 0.717) is 0 Å². The molecule has 0 spiro atoms. The summed E-state index contributed by atoms with van der Waals surface area (Å²) in [7, 11) is 0. The molecule has 1 aromatic rings. The van der Waals surface area contributed by atoms with Gasteiger partial charge in [-0.1, -0.05) is 25.0 Å². The number of rotatable bonds is 3. The predicted octanol–water partition coefficient (Wildman–Crippen LogP) is 1.89. The Balaban J connectivity index is 1.73. The SMILES string of the molecule is CC1Nc2ccccc2N(CC(=O)NC2CCCC2)C1=O. The minimum absolute atomic E-state index is 0.0599. The van der Waals surface area contributed by atoms with Gasteiger partial charge < -0.3 is 10.6 Å². The molecule has 1 fully saturated rings. The Morgan fingerprint density at radius 1 is 1.33 bits per heavy atom. The summed E-state index contributed by atoms with van der Waals surface area (Å²) in [5.74, 6) is -0.130. The molecule has 2 aliphatic rings. The molecule has 112 valence electrons. The van der Waals surface area contributed by atoms with Crippen LogP contribution in [0.15, 0.2) is 24.3 Å². The van der Waals surface area contributed by atoms with E-state index in [2.05, 4.69) is 10.6 Å². The summed E-state index contributed by atoms with van der Waals surface area (Å²) in [6.07, 6.45) is 4.46. The van der Waals surface area contributed by atoms with E-state index in [1.807, 2.05) is 31.2 Å². The lowest BCUT2D eigenvalue weighted by Crippen LogP contribution is -2.50. The van der Waals surface area contributed by atoms with Crippen molar-refractivity contribution in [2.45, 2.75) is 44.7 Å². The molecule has 1 heterocycles. The van der Waals surface area contributed by atoms with Gasteiger partial charge >= 0.3 is 0 Å². The quantitative estimate of drug-likeness (QED) is 0.892. The van der Waals surface area contributed by atoms with Gasteiger partial charge in [-0.25, -0.2) is 0 Å². The fraction of sp³-hybridized carbons (Fsp3) is 0.500. The van der Waals surface area contributed by atoms with Crippen molar-refractivity contribution in [3.05, 3.63) is 24.3 Å². The lowest BCUT2D eigenvalue weighted by atomic mass is 10.1. The average molecular weight is 287 g/mol.